The fourth-order valence-electron chi connectivity index (χ4n) is 2.33. The van der Waals surface area contributed by atoms with E-state index in [2.05, 4.69) is 0 Å². The lowest BCUT2D eigenvalue weighted by Gasteiger charge is -2.06. The molecule has 0 fully saturated rings. The highest BCUT2D eigenvalue weighted by atomic mass is 19.1. The Morgan fingerprint density at radius 2 is 1.68 bits per heavy atom. The number of hydrogen-bond donors (Lipinski definition) is 0. The van der Waals surface area contributed by atoms with E-state index < -0.39 is 5.82 Å². The molecule has 0 aromatic heterocycles. The van der Waals surface area contributed by atoms with Crippen molar-refractivity contribution in [2.45, 2.75) is 6.61 Å². The highest BCUT2D eigenvalue weighted by Gasteiger charge is 2.02. The van der Waals surface area contributed by atoms with Gasteiger partial charge in [-0.1, -0.05) is 60.7 Å². The van der Waals surface area contributed by atoms with Crippen LogP contribution in [0.5, 0.6) is 5.75 Å². The van der Waals surface area contributed by atoms with E-state index in [0.29, 0.717) is 12.2 Å². The number of benzene rings is 3. The Balaban J connectivity index is 1.59. The van der Waals surface area contributed by atoms with E-state index in [-0.39, 0.29) is 5.78 Å². The molecule has 0 bridgehead atoms. The highest BCUT2D eigenvalue weighted by molar-refractivity contribution is 6.06. The number of hydrogen-bond acceptors (Lipinski definition) is 2. The van der Waals surface area contributed by atoms with Crippen molar-refractivity contribution in [3.63, 3.8) is 0 Å². The summed E-state index contributed by atoms with van der Waals surface area (Å²) < 4.78 is 18.9. The zero-order chi connectivity index (χ0) is 17.5. The van der Waals surface area contributed by atoms with Crippen molar-refractivity contribution in [3.05, 3.63) is 107 Å². The van der Waals surface area contributed by atoms with Gasteiger partial charge in [-0.15, -0.1) is 0 Å². The molecule has 0 saturated heterocycles. The minimum Gasteiger partial charge on any atom is -0.489 e. The number of ether oxygens (including phenoxy) is 1. The topological polar surface area (TPSA) is 26.3 Å². The summed E-state index contributed by atoms with van der Waals surface area (Å²) in [7, 11) is 0. The van der Waals surface area contributed by atoms with Crippen molar-refractivity contribution >= 4 is 11.9 Å². The van der Waals surface area contributed by atoms with Crippen molar-refractivity contribution in [2.24, 2.45) is 0 Å². The monoisotopic (exact) mass is 332 g/mol. The predicted molar refractivity (Wildman–Crippen MR) is 97.0 cm³/mol. The molecule has 124 valence electrons. The Kier molecular flexibility index (Phi) is 5.37. The Hall–Kier alpha value is -3.20. The molecule has 0 aliphatic heterocycles. The predicted octanol–water partition coefficient (Wildman–Crippen LogP) is 5.30. The number of carbonyl (C=O) groups is 1. The van der Waals surface area contributed by atoms with Crippen LogP contribution < -0.4 is 4.74 Å². The second kappa shape index (κ2) is 8.06. The molecule has 3 aromatic rings. The first-order valence-electron chi connectivity index (χ1n) is 7.95. The summed E-state index contributed by atoms with van der Waals surface area (Å²) in [6, 6.07) is 23.0. The Morgan fingerprint density at radius 1 is 0.920 bits per heavy atom. The van der Waals surface area contributed by atoms with Crippen molar-refractivity contribution in [3.8, 4) is 5.75 Å². The van der Waals surface area contributed by atoms with Crippen molar-refractivity contribution in [2.75, 3.05) is 0 Å². The van der Waals surface area contributed by atoms with Gasteiger partial charge in [-0.05, 0) is 41.5 Å². The minimum atomic E-state index is -0.417. The van der Waals surface area contributed by atoms with Crippen LogP contribution in [0.1, 0.15) is 21.5 Å². The maximum atomic E-state index is 13.1. The molecule has 0 unspecified atom stereocenters. The van der Waals surface area contributed by atoms with Gasteiger partial charge < -0.3 is 4.74 Å². The summed E-state index contributed by atoms with van der Waals surface area (Å²) in [6.07, 6.45) is 3.14. The molecule has 0 amide bonds. The standard InChI is InChI=1S/C22H17FO2/c23-20-8-4-7-19(15-20)22(24)14-11-17-9-12-21(13-10-17)25-16-18-5-2-1-3-6-18/h1-15H,16H2/b14-11+. The van der Waals surface area contributed by atoms with Gasteiger partial charge in [0, 0.05) is 5.56 Å². The minimum absolute atomic E-state index is 0.232. The maximum Gasteiger partial charge on any atom is 0.185 e. The molecule has 0 N–H and O–H groups in total. The van der Waals surface area contributed by atoms with Crippen LogP contribution >= 0.6 is 0 Å². The van der Waals surface area contributed by atoms with Crippen LogP contribution in [0.2, 0.25) is 0 Å². The molecule has 2 nitrogen and oxygen atoms in total. The maximum absolute atomic E-state index is 13.1. The molecule has 25 heavy (non-hydrogen) atoms. The van der Waals surface area contributed by atoms with Crippen LogP contribution in [-0.2, 0) is 6.61 Å². The first kappa shape index (κ1) is 16.7. The SMILES string of the molecule is O=C(/C=C/c1ccc(OCc2ccccc2)cc1)c1cccc(F)c1. The average Bonchev–Trinajstić information content (AvgIpc) is 2.66. The van der Waals surface area contributed by atoms with E-state index in [1.165, 1.54) is 24.3 Å². The molecule has 0 radical (unpaired) electrons. The summed E-state index contributed by atoms with van der Waals surface area (Å²) >= 11 is 0. The zero-order valence-electron chi connectivity index (χ0n) is 13.6. The van der Waals surface area contributed by atoms with E-state index >= 15 is 0 Å². The largest absolute Gasteiger partial charge is 0.489 e. The van der Waals surface area contributed by atoms with Crippen LogP contribution in [0.15, 0.2) is 84.9 Å². The number of rotatable bonds is 6. The average molecular weight is 332 g/mol. The first-order chi connectivity index (χ1) is 12.2. The number of allylic oxidation sites excluding steroid dienone is 1. The fraction of sp³-hybridized carbons (Fsp3) is 0.0455. The molecular formula is C22H17FO2. The molecular weight excluding hydrogens is 315 g/mol. The van der Waals surface area contributed by atoms with Crippen LogP contribution in [0.3, 0.4) is 0 Å². The third kappa shape index (κ3) is 4.88. The molecule has 3 heteroatoms. The van der Waals surface area contributed by atoms with Gasteiger partial charge in [0.25, 0.3) is 0 Å². The van der Waals surface area contributed by atoms with Gasteiger partial charge in [-0.25, -0.2) is 4.39 Å². The van der Waals surface area contributed by atoms with Gasteiger partial charge in [0.2, 0.25) is 0 Å². The molecule has 0 aliphatic rings. The number of ketones is 1. The van der Waals surface area contributed by atoms with Gasteiger partial charge in [0.15, 0.2) is 5.78 Å². The fourth-order valence-corrected chi connectivity index (χ4v) is 2.33. The van der Waals surface area contributed by atoms with E-state index in [0.717, 1.165) is 16.9 Å². The van der Waals surface area contributed by atoms with E-state index in [9.17, 15) is 9.18 Å². The molecule has 0 aliphatic carbocycles. The zero-order valence-corrected chi connectivity index (χ0v) is 13.6. The highest BCUT2D eigenvalue weighted by Crippen LogP contribution is 2.15. The van der Waals surface area contributed by atoms with E-state index in [1.807, 2.05) is 54.6 Å². The summed E-state index contributed by atoms with van der Waals surface area (Å²) in [5.41, 5.74) is 2.31. The van der Waals surface area contributed by atoms with Crippen LogP contribution in [0, 0.1) is 5.82 Å². The van der Waals surface area contributed by atoms with Crippen LogP contribution in [0.25, 0.3) is 6.08 Å². The van der Waals surface area contributed by atoms with Gasteiger partial charge in [0.1, 0.15) is 18.2 Å². The normalized spacial score (nSPS) is 10.8. The second-order valence-corrected chi connectivity index (χ2v) is 5.55. The number of carbonyl (C=O) groups excluding carboxylic acids is 1. The molecule has 0 heterocycles. The molecule has 3 rings (SSSR count). The lowest BCUT2D eigenvalue weighted by Crippen LogP contribution is -1.95. The third-order valence-corrected chi connectivity index (χ3v) is 3.66. The van der Waals surface area contributed by atoms with Crippen molar-refractivity contribution < 1.29 is 13.9 Å². The number of halogens is 1. The quantitative estimate of drug-likeness (QED) is 0.452. The van der Waals surface area contributed by atoms with Gasteiger partial charge in [-0.3, -0.25) is 4.79 Å². The third-order valence-electron chi connectivity index (χ3n) is 3.66. The first-order valence-corrected chi connectivity index (χ1v) is 7.95. The Morgan fingerprint density at radius 3 is 2.40 bits per heavy atom. The Bertz CT molecular complexity index is 868. The van der Waals surface area contributed by atoms with E-state index in [4.69, 9.17) is 4.74 Å². The molecule has 0 spiro atoms. The van der Waals surface area contributed by atoms with Gasteiger partial charge in [-0.2, -0.15) is 0 Å². The summed E-state index contributed by atoms with van der Waals surface area (Å²) in [4.78, 5) is 12.0. The van der Waals surface area contributed by atoms with E-state index in [1.54, 1.807) is 12.1 Å². The Labute approximate surface area is 146 Å². The second-order valence-electron chi connectivity index (χ2n) is 5.55. The summed E-state index contributed by atoms with van der Waals surface area (Å²) in [5, 5.41) is 0. The van der Waals surface area contributed by atoms with Crippen molar-refractivity contribution in [1.82, 2.24) is 0 Å². The molecule has 0 saturated carbocycles. The molecule has 0 atom stereocenters. The smallest absolute Gasteiger partial charge is 0.185 e. The summed E-state index contributed by atoms with van der Waals surface area (Å²) in [5.74, 6) is 0.112. The summed E-state index contributed by atoms with van der Waals surface area (Å²) in [6.45, 7) is 0.508. The van der Waals surface area contributed by atoms with Crippen LogP contribution in [0.4, 0.5) is 4.39 Å². The van der Waals surface area contributed by atoms with Gasteiger partial charge >= 0.3 is 0 Å². The lowest BCUT2D eigenvalue weighted by molar-refractivity contribution is 0.104. The van der Waals surface area contributed by atoms with Gasteiger partial charge in [0.05, 0.1) is 0 Å². The van der Waals surface area contributed by atoms with Crippen LogP contribution in [-0.4, -0.2) is 5.78 Å². The molecule has 3 aromatic carbocycles. The lowest BCUT2D eigenvalue weighted by atomic mass is 10.1. The van der Waals surface area contributed by atoms with Crippen molar-refractivity contribution in [1.29, 1.82) is 0 Å².